The Balaban J connectivity index is 0.00000242. The second-order valence-electron chi connectivity index (χ2n) is 5.33. The number of nitrogens with zero attached hydrogens (tertiary/aromatic N) is 1. The van der Waals surface area contributed by atoms with Gasteiger partial charge < -0.3 is 10.5 Å². The zero-order valence-electron chi connectivity index (χ0n) is 13.0. The first-order chi connectivity index (χ1) is 10.0. The quantitative estimate of drug-likeness (QED) is 0.834. The van der Waals surface area contributed by atoms with Crippen molar-refractivity contribution in [3.8, 4) is 0 Å². The van der Waals surface area contributed by atoms with Gasteiger partial charge in [0.05, 0.1) is 12.1 Å². The van der Waals surface area contributed by atoms with Crippen molar-refractivity contribution in [3.05, 3.63) is 35.4 Å². The molecule has 0 saturated carbocycles. The highest BCUT2D eigenvalue weighted by Gasteiger charge is 2.29. The maximum Gasteiger partial charge on any atom is 0.306 e. The van der Waals surface area contributed by atoms with E-state index in [1.165, 1.54) is 0 Å². The molecule has 0 spiro atoms. The van der Waals surface area contributed by atoms with Crippen LogP contribution in [0.1, 0.15) is 37.8 Å². The molecule has 122 valence electrons. The first kappa shape index (κ1) is 18.8. The van der Waals surface area contributed by atoms with E-state index in [9.17, 15) is 4.79 Å². The number of benzene rings is 1. The number of aryl methyl sites for hydroxylation is 1. The van der Waals surface area contributed by atoms with Crippen molar-refractivity contribution in [1.82, 2.24) is 0 Å². The van der Waals surface area contributed by atoms with Gasteiger partial charge in [-0.1, -0.05) is 36.0 Å². The van der Waals surface area contributed by atoms with Crippen LogP contribution >= 0.6 is 24.2 Å². The van der Waals surface area contributed by atoms with E-state index in [1.807, 2.05) is 19.1 Å². The average molecular weight is 343 g/mol. The largest absolute Gasteiger partial charge is 0.466 e. The SMILES string of the molecule is CCOC(=O)CCc1cccc(C2(C)CCSC(N)=N2)c1.Cl. The summed E-state index contributed by atoms with van der Waals surface area (Å²) in [6.45, 7) is 4.37. The molecule has 2 N–H and O–H groups in total. The fraction of sp³-hybridized carbons (Fsp3) is 0.500. The Labute approximate surface area is 142 Å². The van der Waals surface area contributed by atoms with Gasteiger partial charge in [0.2, 0.25) is 0 Å². The van der Waals surface area contributed by atoms with Crippen LogP contribution in [0.5, 0.6) is 0 Å². The summed E-state index contributed by atoms with van der Waals surface area (Å²) in [5, 5.41) is 0.653. The predicted octanol–water partition coefficient (Wildman–Crippen LogP) is 3.27. The zero-order valence-corrected chi connectivity index (χ0v) is 14.6. The number of thioether (sulfide) groups is 1. The highest BCUT2D eigenvalue weighted by molar-refractivity contribution is 8.13. The molecule has 22 heavy (non-hydrogen) atoms. The van der Waals surface area contributed by atoms with E-state index in [-0.39, 0.29) is 23.9 Å². The van der Waals surface area contributed by atoms with Gasteiger partial charge in [0.1, 0.15) is 0 Å². The van der Waals surface area contributed by atoms with E-state index >= 15 is 0 Å². The van der Waals surface area contributed by atoms with Gasteiger partial charge in [-0.2, -0.15) is 0 Å². The molecule has 0 aliphatic carbocycles. The molecule has 1 aromatic carbocycles. The maximum absolute atomic E-state index is 11.4. The summed E-state index contributed by atoms with van der Waals surface area (Å²) in [7, 11) is 0. The number of amidine groups is 1. The summed E-state index contributed by atoms with van der Waals surface area (Å²) in [5.41, 5.74) is 7.91. The Morgan fingerprint density at radius 2 is 2.27 bits per heavy atom. The van der Waals surface area contributed by atoms with Crippen LogP contribution in [0.15, 0.2) is 29.3 Å². The molecule has 1 aliphatic rings. The van der Waals surface area contributed by atoms with Gasteiger partial charge >= 0.3 is 5.97 Å². The molecule has 2 rings (SSSR count). The Kier molecular flexibility index (Phi) is 7.23. The van der Waals surface area contributed by atoms with Crippen LogP contribution < -0.4 is 5.73 Å². The smallest absolute Gasteiger partial charge is 0.306 e. The van der Waals surface area contributed by atoms with Gasteiger partial charge in [-0.25, -0.2) is 0 Å². The number of nitrogens with two attached hydrogens (primary N) is 1. The average Bonchev–Trinajstić information content (AvgIpc) is 2.46. The Morgan fingerprint density at radius 3 is 2.95 bits per heavy atom. The van der Waals surface area contributed by atoms with Gasteiger partial charge in [0.15, 0.2) is 5.17 Å². The Bertz CT molecular complexity index is 551. The molecule has 0 radical (unpaired) electrons. The van der Waals surface area contributed by atoms with Crippen molar-refractivity contribution in [2.45, 2.75) is 38.6 Å². The number of carbonyl (C=O) groups is 1. The predicted molar refractivity (Wildman–Crippen MR) is 94.7 cm³/mol. The van der Waals surface area contributed by atoms with E-state index in [2.05, 4.69) is 24.0 Å². The van der Waals surface area contributed by atoms with Gasteiger partial charge in [0, 0.05) is 12.2 Å². The number of ether oxygens (including phenoxy) is 1. The van der Waals surface area contributed by atoms with Crippen molar-refractivity contribution in [2.75, 3.05) is 12.4 Å². The molecule has 0 bridgehead atoms. The Hall–Kier alpha value is -1.20. The number of hydrogen-bond donors (Lipinski definition) is 1. The molecular weight excluding hydrogens is 320 g/mol. The molecule has 4 nitrogen and oxygen atoms in total. The highest BCUT2D eigenvalue weighted by Crippen LogP contribution is 2.35. The van der Waals surface area contributed by atoms with Crippen molar-refractivity contribution in [3.63, 3.8) is 0 Å². The summed E-state index contributed by atoms with van der Waals surface area (Å²) in [6.07, 6.45) is 2.08. The molecule has 0 fully saturated rings. The lowest BCUT2D eigenvalue weighted by Gasteiger charge is -2.30. The van der Waals surface area contributed by atoms with Crippen LogP contribution in [0.2, 0.25) is 0 Å². The lowest BCUT2D eigenvalue weighted by molar-refractivity contribution is -0.143. The van der Waals surface area contributed by atoms with E-state index < -0.39 is 0 Å². The monoisotopic (exact) mass is 342 g/mol. The second-order valence-corrected chi connectivity index (χ2v) is 6.44. The minimum absolute atomic E-state index is 0. The van der Waals surface area contributed by atoms with Crippen LogP contribution in [0, 0.1) is 0 Å². The number of halogens is 1. The van der Waals surface area contributed by atoms with Crippen LogP contribution in [0.25, 0.3) is 0 Å². The first-order valence-corrected chi connectivity index (χ1v) is 8.25. The molecule has 0 amide bonds. The summed E-state index contributed by atoms with van der Waals surface area (Å²) in [6, 6.07) is 8.28. The molecular formula is C16H23ClN2O2S. The van der Waals surface area contributed by atoms with E-state index in [4.69, 9.17) is 10.5 Å². The molecule has 1 aliphatic heterocycles. The normalized spacial score (nSPS) is 20.7. The van der Waals surface area contributed by atoms with Gasteiger partial charge in [-0.15, -0.1) is 12.4 Å². The third-order valence-electron chi connectivity index (χ3n) is 3.67. The summed E-state index contributed by atoms with van der Waals surface area (Å²) in [5.74, 6) is 0.837. The van der Waals surface area contributed by atoms with Crippen molar-refractivity contribution in [2.24, 2.45) is 10.7 Å². The number of rotatable bonds is 5. The third kappa shape index (κ3) is 4.92. The molecule has 1 aromatic rings. The molecule has 1 unspecified atom stereocenters. The number of hydrogen-bond acceptors (Lipinski definition) is 5. The minimum Gasteiger partial charge on any atom is -0.466 e. The fourth-order valence-electron chi connectivity index (χ4n) is 2.44. The molecule has 6 heteroatoms. The zero-order chi connectivity index (χ0) is 15.3. The molecule has 0 saturated heterocycles. The summed E-state index contributed by atoms with van der Waals surface area (Å²) >= 11 is 1.61. The minimum atomic E-state index is -0.255. The molecule has 1 heterocycles. The second kappa shape index (κ2) is 8.44. The van der Waals surface area contributed by atoms with Gasteiger partial charge in [-0.3, -0.25) is 9.79 Å². The van der Waals surface area contributed by atoms with Crippen molar-refractivity contribution < 1.29 is 9.53 Å². The Morgan fingerprint density at radius 1 is 1.50 bits per heavy atom. The van der Waals surface area contributed by atoms with E-state index in [0.717, 1.165) is 23.3 Å². The first-order valence-electron chi connectivity index (χ1n) is 7.26. The van der Waals surface area contributed by atoms with E-state index in [0.29, 0.717) is 24.6 Å². The van der Waals surface area contributed by atoms with Gasteiger partial charge in [-0.05, 0) is 37.8 Å². The fourth-order valence-corrected chi connectivity index (χ4v) is 3.41. The van der Waals surface area contributed by atoms with Gasteiger partial charge in [0.25, 0.3) is 0 Å². The number of esters is 1. The molecule has 1 atom stereocenters. The summed E-state index contributed by atoms with van der Waals surface area (Å²) in [4.78, 5) is 16.1. The van der Waals surface area contributed by atoms with Crippen molar-refractivity contribution in [1.29, 1.82) is 0 Å². The lowest BCUT2D eigenvalue weighted by atomic mass is 9.88. The standard InChI is InChI=1S/C16H22N2O2S.ClH/c1-3-20-14(19)8-7-12-5-4-6-13(11-12)16(2)9-10-21-15(17)18-16;/h4-6,11H,3,7-10H2,1-2H3,(H2,17,18);1H. The topological polar surface area (TPSA) is 64.7 Å². The lowest BCUT2D eigenvalue weighted by Crippen LogP contribution is -2.28. The highest BCUT2D eigenvalue weighted by atomic mass is 35.5. The molecule has 0 aromatic heterocycles. The van der Waals surface area contributed by atoms with Crippen LogP contribution in [-0.4, -0.2) is 23.5 Å². The van der Waals surface area contributed by atoms with Crippen LogP contribution in [0.4, 0.5) is 0 Å². The maximum atomic E-state index is 11.4. The number of aliphatic imine (C=N–C) groups is 1. The summed E-state index contributed by atoms with van der Waals surface area (Å²) < 4.78 is 4.96. The number of carbonyl (C=O) groups excluding carboxylic acids is 1. The third-order valence-corrected chi connectivity index (χ3v) is 4.46. The van der Waals surface area contributed by atoms with Crippen LogP contribution in [-0.2, 0) is 21.5 Å². The van der Waals surface area contributed by atoms with Crippen molar-refractivity contribution >= 4 is 35.3 Å². The van der Waals surface area contributed by atoms with E-state index in [1.54, 1.807) is 11.8 Å². The van der Waals surface area contributed by atoms with Crippen LogP contribution in [0.3, 0.4) is 0 Å².